The van der Waals surface area contributed by atoms with Crippen LogP contribution in [-0.4, -0.2) is 66.6 Å². The minimum absolute atomic E-state index is 0.137. The van der Waals surface area contributed by atoms with Crippen LogP contribution in [0, 0.1) is 12.8 Å². The quantitative estimate of drug-likeness (QED) is 0.641. The highest BCUT2D eigenvalue weighted by atomic mass is 32.2. The first kappa shape index (κ1) is 21.7. The average molecular weight is 419 g/mol. The number of carbonyl (C=O) groups is 2. The minimum Gasteiger partial charge on any atom is -0.360 e. The molecule has 9 nitrogen and oxygen atoms in total. The lowest BCUT2D eigenvalue weighted by Gasteiger charge is -2.30. The van der Waals surface area contributed by atoms with Gasteiger partial charge in [-0.1, -0.05) is 5.16 Å². The Morgan fingerprint density at radius 3 is 2.63 bits per heavy atom. The van der Waals surface area contributed by atoms with Crippen molar-refractivity contribution in [2.24, 2.45) is 5.92 Å². The van der Waals surface area contributed by atoms with Crippen LogP contribution in [-0.2, 0) is 19.6 Å². The number of rotatable bonds is 8. The zero-order chi connectivity index (χ0) is 20.0. The fourth-order valence-corrected chi connectivity index (χ4v) is 4.27. The summed E-state index contributed by atoms with van der Waals surface area (Å²) in [7, 11) is -3.13. The number of nitrogens with one attached hydrogen (secondary N) is 2. The van der Waals surface area contributed by atoms with E-state index in [1.165, 1.54) is 22.3 Å². The highest BCUT2D eigenvalue weighted by molar-refractivity contribution is 8.01. The Labute approximate surface area is 163 Å². The maximum absolute atomic E-state index is 12.1. The molecule has 27 heavy (non-hydrogen) atoms. The van der Waals surface area contributed by atoms with Crippen LogP contribution in [0.5, 0.6) is 0 Å². The maximum Gasteiger partial charge on any atom is 0.238 e. The number of nitrogens with zero attached hydrogens (tertiary/aromatic N) is 2. The number of hydrogen-bond acceptors (Lipinski definition) is 7. The highest BCUT2D eigenvalue weighted by Gasteiger charge is 2.25. The van der Waals surface area contributed by atoms with Crippen LogP contribution >= 0.6 is 11.8 Å². The fourth-order valence-electron chi connectivity index (χ4n) is 2.68. The summed E-state index contributed by atoms with van der Waals surface area (Å²) < 4.78 is 29.3. The Kier molecular flexibility index (Phi) is 7.68. The van der Waals surface area contributed by atoms with Crippen molar-refractivity contribution >= 4 is 39.4 Å². The van der Waals surface area contributed by atoms with E-state index in [2.05, 4.69) is 15.8 Å². The molecule has 1 aromatic rings. The lowest BCUT2D eigenvalue weighted by molar-refractivity contribution is -0.118. The molecular weight excluding hydrogens is 392 g/mol. The monoisotopic (exact) mass is 418 g/mol. The molecule has 1 fully saturated rings. The molecule has 0 aromatic carbocycles. The van der Waals surface area contributed by atoms with Gasteiger partial charge in [0.25, 0.3) is 0 Å². The predicted molar refractivity (Wildman–Crippen MR) is 104 cm³/mol. The smallest absolute Gasteiger partial charge is 0.238 e. The molecule has 1 aromatic heterocycles. The van der Waals surface area contributed by atoms with Gasteiger partial charge in [0.2, 0.25) is 21.8 Å². The molecule has 0 spiro atoms. The molecule has 1 aliphatic rings. The number of amides is 2. The molecule has 2 N–H and O–H groups in total. The van der Waals surface area contributed by atoms with E-state index < -0.39 is 15.3 Å². The molecule has 0 radical (unpaired) electrons. The normalized spacial score (nSPS) is 17.4. The minimum atomic E-state index is -3.13. The second kappa shape index (κ2) is 9.56. The standard InChI is InChI=1S/C16H26N4O5S2/c1-11-8-14(19-25-11)18-16(22)12(2)26-10-15(21)17-9-13-4-6-20(7-5-13)27(3,23)24/h8,12-13H,4-7,9-10H2,1-3H3,(H,17,21)(H,18,19,22). The van der Waals surface area contributed by atoms with Crippen LogP contribution in [0.3, 0.4) is 0 Å². The Morgan fingerprint density at radius 1 is 1.41 bits per heavy atom. The SMILES string of the molecule is Cc1cc(NC(=O)C(C)SCC(=O)NCC2CCN(S(C)(=O)=O)CC2)no1. The van der Waals surface area contributed by atoms with E-state index >= 15 is 0 Å². The summed E-state index contributed by atoms with van der Waals surface area (Å²) >= 11 is 1.24. The van der Waals surface area contributed by atoms with Gasteiger partial charge in [0.15, 0.2) is 5.82 Å². The summed E-state index contributed by atoms with van der Waals surface area (Å²) in [6, 6.07) is 1.62. The van der Waals surface area contributed by atoms with Crippen LogP contribution in [0.2, 0.25) is 0 Å². The molecule has 2 heterocycles. The largest absolute Gasteiger partial charge is 0.360 e. The van der Waals surface area contributed by atoms with Gasteiger partial charge in [-0.2, -0.15) is 0 Å². The van der Waals surface area contributed by atoms with Crippen LogP contribution in [0.4, 0.5) is 5.82 Å². The van der Waals surface area contributed by atoms with Gasteiger partial charge < -0.3 is 15.2 Å². The molecule has 1 unspecified atom stereocenters. The first-order valence-electron chi connectivity index (χ1n) is 8.72. The van der Waals surface area contributed by atoms with Crippen LogP contribution in [0.1, 0.15) is 25.5 Å². The van der Waals surface area contributed by atoms with Crippen molar-refractivity contribution in [1.29, 1.82) is 0 Å². The summed E-state index contributed by atoms with van der Waals surface area (Å²) in [5.41, 5.74) is 0. The van der Waals surface area contributed by atoms with E-state index in [9.17, 15) is 18.0 Å². The molecule has 1 saturated heterocycles. The number of carbonyl (C=O) groups excluding carboxylic acids is 2. The van der Waals surface area contributed by atoms with Gasteiger partial charge in [0.1, 0.15) is 5.76 Å². The number of aryl methyl sites for hydroxylation is 1. The van der Waals surface area contributed by atoms with Crippen molar-refractivity contribution < 1.29 is 22.5 Å². The topological polar surface area (TPSA) is 122 Å². The van der Waals surface area contributed by atoms with Gasteiger partial charge in [0.05, 0.1) is 17.3 Å². The van der Waals surface area contributed by atoms with Crippen molar-refractivity contribution in [2.45, 2.75) is 31.9 Å². The van der Waals surface area contributed by atoms with E-state index in [1.54, 1.807) is 19.9 Å². The number of piperidine rings is 1. The Bertz CT molecular complexity index is 757. The number of anilines is 1. The van der Waals surface area contributed by atoms with Gasteiger partial charge >= 0.3 is 0 Å². The van der Waals surface area contributed by atoms with Crippen molar-refractivity contribution in [3.63, 3.8) is 0 Å². The fraction of sp³-hybridized carbons (Fsp3) is 0.688. The third kappa shape index (κ3) is 7.15. The summed E-state index contributed by atoms with van der Waals surface area (Å²) in [5.74, 6) is 1.03. The molecule has 2 rings (SSSR count). The highest BCUT2D eigenvalue weighted by Crippen LogP contribution is 2.19. The summed E-state index contributed by atoms with van der Waals surface area (Å²) in [4.78, 5) is 24.1. The van der Waals surface area contributed by atoms with Crippen LogP contribution in [0.25, 0.3) is 0 Å². The first-order chi connectivity index (χ1) is 12.6. The van der Waals surface area contributed by atoms with Gasteiger partial charge in [-0.15, -0.1) is 11.8 Å². The Morgan fingerprint density at radius 2 is 2.07 bits per heavy atom. The summed E-state index contributed by atoms with van der Waals surface area (Å²) in [6.07, 6.45) is 2.68. The van der Waals surface area contributed by atoms with E-state index in [-0.39, 0.29) is 23.5 Å². The molecule has 0 saturated carbocycles. The number of thioether (sulfide) groups is 1. The van der Waals surface area contributed by atoms with Gasteiger partial charge in [-0.25, -0.2) is 12.7 Å². The third-order valence-corrected chi connectivity index (χ3v) is 6.79. The van der Waals surface area contributed by atoms with E-state index in [4.69, 9.17) is 4.52 Å². The number of hydrogen-bond donors (Lipinski definition) is 2. The van der Waals surface area contributed by atoms with Gasteiger partial charge in [0, 0.05) is 25.7 Å². The Hall–Kier alpha value is -1.59. The molecule has 11 heteroatoms. The average Bonchev–Trinajstić information content (AvgIpc) is 3.02. The molecule has 2 amide bonds. The molecule has 1 aliphatic heterocycles. The predicted octanol–water partition coefficient (Wildman–Crippen LogP) is 0.831. The van der Waals surface area contributed by atoms with Crippen molar-refractivity contribution in [3.8, 4) is 0 Å². The Balaban J connectivity index is 1.64. The summed E-state index contributed by atoms with van der Waals surface area (Å²) in [6.45, 7) is 4.97. The lowest BCUT2D eigenvalue weighted by atomic mass is 9.98. The molecule has 1 atom stereocenters. The maximum atomic E-state index is 12.1. The second-order valence-corrected chi connectivity index (χ2v) is 9.99. The lowest BCUT2D eigenvalue weighted by Crippen LogP contribution is -2.41. The number of aromatic nitrogens is 1. The van der Waals surface area contributed by atoms with E-state index in [0.29, 0.717) is 31.2 Å². The molecule has 152 valence electrons. The van der Waals surface area contributed by atoms with Crippen molar-refractivity contribution in [1.82, 2.24) is 14.8 Å². The van der Waals surface area contributed by atoms with E-state index in [1.807, 2.05) is 0 Å². The molecule has 0 aliphatic carbocycles. The van der Waals surface area contributed by atoms with Crippen LogP contribution in [0.15, 0.2) is 10.6 Å². The summed E-state index contributed by atoms with van der Waals surface area (Å²) in [5, 5.41) is 8.79. The van der Waals surface area contributed by atoms with Crippen molar-refractivity contribution in [3.05, 3.63) is 11.8 Å². The molecule has 0 bridgehead atoms. The molecular formula is C16H26N4O5S2. The third-order valence-electron chi connectivity index (χ3n) is 4.34. The van der Waals surface area contributed by atoms with E-state index in [0.717, 1.165) is 12.8 Å². The van der Waals surface area contributed by atoms with Crippen LogP contribution < -0.4 is 10.6 Å². The first-order valence-corrected chi connectivity index (χ1v) is 11.6. The van der Waals surface area contributed by atoms with Gasteiger partial charge in [-0.3, -0.25) is 9.59 Å². The number of sulfonamides is 1. The van der Waals surface area contributed by atoms with Gasteiger partial charge in [-0.05, 0) is 32.6 Å². The zero-order valence-electron chi connectivity index (χ0n) is 15.7. The second-order valence-electron chi connectivity index (χ2n) is 6.67. The zero-order valence-corrected chi connectivity index (χ0v) is 17.4. The van der Waals surface area contributed by atoms with Crippen molar-refractivity contribution in [2.75, 3.05) is 37.0 Å².